The molecule has 8 N–H and O–H groups in total. The molecule has 0 radical (unpaired) electrons. The van der Waals surface area contributed by atoms with E-state index in [-0.39, 0.29) is 26.4 Å². The molecule has 0 fully saturated rings. The average Bonchev–Trinajstić information content (AvgIpc) is 2.69. The van der Waals surface area contributed by atoms with Gasteiger partial charge >= 0.3 is 0 Å². The Morgan fingerprint density at radius 2 is 0.938 bits per heavy atom. The lowest BCUT2D eigenvalue weighted by Gasteiger charge is -2.40. The fourth-order valence-electron chi connectivity index (χ4n) is 4.51. The molecule has 0 saturated heterocycles. The van der Waals surface area contributed by atoms with E-state index < -0.39 is 11.1 Å². The molecule has 0 amide bonds. The first-order chi connectivity index (χ1) is 15.2. The van der Waals surface area contributed by atoms with Crippen LogP contribution in [-0.2, 0) is 0 Å². The lowest BCUT2D eigenvalue weighted by molar-refractivity contribution is 0.102. The van der Waals surface area contributed by atoms with Crippen molar-refractivity contribution in [2.24, 2.45) is 17.4 Å². The van der Waals surface area contributed by atoms with Gasteiger partial charge in [0.05, 0.1) is 0 Å². The summed E-state index contributed by atoms with van der Waals surface area (Å²) in [7, 11) is 0. The lowest BCUT2D eigenvalue weighted by Crippen LogP contribution is -2.57. The van der Waals surface area contributed by atoms with Gasteiger partial charge in [-0.15, -0.1) is 0 Å². The van der Waals surface area contributed by atoms with E-state index in [9.17, 15) is 20.4 Å². The molecule has 0 aromatic carbocycles. The molecule has 0 aliphatic rings. The first kappa shape index (κ1) is 31.7. The van der Waals surface area contributed by atoms with Crippen LogP contribution in [0.3, 0.4) is 0 Å². The van der Waals surface area contributed by atoms with Gasteiger partial charge in [0.2, 0.25) is 0 Å². The zero-order valence-electron chi connectivity index (χ0n) is 21.1. The van der Waals surface area contributed by atoms with E-state index >= 15 is 0 Å². The highest BCUT2D eigenvalue weighted by atomic mass is 16.3. The molecule has 0 bridgehead atoms. The molecule has 194 valence electrons. The highest BCUT2D eigenvalue weighted by molar-refractivity contribution is 4.92. The summed E-state index contributed by atoms with van der Waals surface area (Å²) >= 11 is 0. The van der Waals surface area contributed by atoms with Crippen molar-refractivity contribution in [1.29, 1.82) is 0 Å². The molecule has 0 atom stereocenters. The topological polar surface area (TPSA) is 136 Å². The number of aliphatic hydroxyl groups excluding tert-OH is 4. The third kappa shape index (κ3) is 16.4. The maximum atomic E-state index is 9.45. The maximum absolute atomic E-state index is 9.45. The van der Waals surface area contributed by atoms with Crippen molar-refractivity contribution in [3.05, 3.63) is 0 Å². The van der Waals surface area contributed by atoms with E-state index in [1.165, 1.54) is 44.9 Å². The predicted molar refractivity (Wildman–Crippen MR) is 133 cm³/mol. The number of unbranched alkanes of at least 4 members (excludes halogenated alkanes) is 7. The molecule has 0 aliphatic heterocycles. The van der Waals surface area contributed by atoms with Crippen LogP contribution in [0.25, 0.3) is 0 Å². The van der Waals surface area contributed by atoms with Gasteiger partial charge in [-0.2, -0.15) is 0 Å². The molecule has 0 aromatic heterocycles. The van der Waals surface area contributed by atoms with Gasteiger partial charge in [0.1, 0.15) is 0 Å². The van der Waals surface area contributed by atoms with E-state index in [2.05, 4.69) is 18.7 Å². The number of nitrogens with zero attached hydrogens (tertiary/aromatic N) is 1. The Hall–Kier alpha value is -0.280. The molecular weight excluding hydrogens is 406 g/mol. The van der Waals surface area contributed by atoms with Gasteiger partial charge in [0, 0.05) is 50.6 Å². The van der Waals surface area contributed by atoms with Crippen molar-refractivity contribution in [1.82, 2.24) is 4.90 Å². The largest absolute Gasteiger partial charge is 0.396 e. The number of rotatable bonds is 23. The third-order valence-corrected chi connectivity index (χ3v) is 6.52. The van der Waals surface area contributed by atoms with Crippen molar-refractivity contribution >= 4 is 0 Å². The zero-order valence-corrected chi connectivity index (χ0v) is 21.1. The lowest BCUT2D eigenvalue weighted by atomic mass is 9.89. The second-order valence-corrected chi connectivity index (χ2v) is 10.3. The molecule has 7 nitrogen and oxygen atoms in total. The van der Waals surface area contributed by atoms with Crippen LogP contribution in [0, 0.1) is 5.92 Å². The van der Waals surface area contributed by atoms with Crippen molar-refractivity contribution in [3.8, 4) is 0 Å². The van der Waals surface area contributed by atoms with Crippen LogP contribution in [0.4, 0.5) is 0 Å². The van der Waals surface area contributed by atoms with Crippen molar-refractivity contribution in [2.45, 2.75) is 108 Å². The first-order valence-corrected chi connectivity index (χ1v) is 13.0. The fraction of sp³-hybridized carbons (Fsp3) is 1.00. The van der Waals surface area contributed by atoms with Crippen LogP contribution in [0.2, 0.25) is 0 Å². The number of hydrogen-bond donors (Lipinski definition) is 6. The van der Waals surface area contributed by atoms with E-state index in [4.69, 9.17) is 11.5 Å². The Bertz CT molecular complexity index is 388. The summed E-state index contributed by atoms with van der Waals surface area (Å²) in [4.78, 5) is 2.21. The Morgan fingerprint density at radius 1 is 0.594 bits per heavy atom. The molecule has 32 heavy (non-hydrogen) atoms. The minimum Gasteiger partial charge on any atom is -0.396 e. The molecule has 0 spiro atoms. The SMILES string of the molecule is CC(C)CCCCCCCCCCN(CC(N)(CCO)CCO)CC(N)(CCO)CCO. The van der Waals surface area contributed by atoms with E-state index in [0.717, 1.165) is 25.3 Å². The standard InChI is InChI=1S/C25H55N3O4/c1-23(2)11-9-7-5-3-4-6-8-10-16-28(21-24(26,12-17-29)13-18-30)22-25(27,14-19-31)15-20-32/h23,29-32H,3-22,26-27H2,1-2H3. The summed E-state index contributed by atoms with van der Waals surface area (Å²) in [6, 6.07) is 0. The van der Waals surface area contributed by atoms with Gasteiger partial charge in [-0.1, -0.05) is 65.2 Å². The van der Waals surface area contributed by atoms with Crippen molar-refractivity contribution in [2.75, 3.05) is 46.1 Å². The Labute approximate surface area is 197 Å². The summed E-state index contributed by atoms with van der Waals surface area (Å²) in [5.74, 6) is 0.807. The quantitative estimate of drug-likeness (QED) is 0.129. The van der Waals surface area contributed by atoms with E-state index in [0.29, 0.717) is 38.8 Å². The normalized spacial score (nSPS) is 12.9. The maximum Gasteiger partial charge on any atom is 0.0449 e. The van der Waals surface area contributed by atoms with Crippen LogP contribution in [0.5, 0.6) is 0 Å². The van der Waals surface area contributed by atoms with Crippen LogP contribution < -0.4 is 11.5 Å². The monoisotopic (exact) mass is 461 g/mol. The summed E-state index contributed by atoms with van der Waals surface area (Å²) in [6.45, 7) is 6.36. The minimum absolute atomic E-state index is 0.0252. The number of aliphatic hydroxyl groups is 4. The molecule has 7 heteroatoms. The molecule has 0 rings (SSSR count). The van der Waals surface area contributed by atoms with Crippen LogP contribution >= 0.6 is 0 Å². The Kier molecular flexibility index (Phi) is 18.9. The van der Waals surface area contributed by atoms with Crippen LogP contribution in [0.15, 0.2) is 0 Å². The highest BCUT2D eigenvalue weighted by Gasteiger charge is 2.32. The fourth-order valence-corrected chi connectivity index (χ4v) is 4.51. The summed E-state index contributed by atoms with van der Waals surface area (Å²) in [5, 5.41) is 37.8. The van der Waals surface area contributed by atoms with Gasteiger partial charge < -0.3 is 31.9 Å². The Balaban J connectivity index is 4.62. The number of hydrogen-bond acceptors (Lipinski definition) is 7. The molecule has 0 heterocycles. The smallest absolute Gasteiger partial charge is 0.0449 e. The van der Waals surface area contributed by atoms with E-state index in [1.807, 2.05) is 0 Å². The third-order valence-electron chi connectivity index (χ3n) is 6.52. The average molecular weight is 462 g/mol. The van der Waals surface area contributed by atoms with Crippen molar-refractivity contribution < 1.29 is 20.4 Å². The van der Waals surface area contributed by atoms with Gasteiger partial charge in [0.25, 0.3) is 0 Å². The predicted octanol–water partition coefficient (Wildman–Crippen LogP) is 2.38. The second kappa shape index (κ2) is 19.1. The minimum atomic E-state index is -0.682. The van der Waals surface area contributed by atoms with Crippen LogP contribution in [-0.4, -0.2) is 82.5 Å². The second-order valence-electron chi connectivity index (χ2n) is 10.3. The van der Waals surface area contributed by atoms with Gasteiger partial charge in [-0.3, -0.25) is 4.90 Å². The molecule has 0 aliphatic carbocycles. The molecule has 0 aromatic rings. The molecule has 0 saturated carbocycles. The molecular formula is C25H55N3O4. The summed E-state index contributed by atoms with van der Waals surface area (Å²) in [6.07, 6.45) is 13.0. The highest BCUT2D eigenvalue weighted by Crippen LogP contribution is 2.20. The summed E-state index contributed by atoms with van der Waals surface area (Å²) in [5.41, 5.74) is 11.7. The van der Waals surface area contributed by atoms with Crippen LogP contribution in [0.1, 0.15) is 97.3 Å². The van der Waals surface area contributed by atoms with Gasteiger partial charge in [0.15, 0.2) is 0 Å². The van der Waals surface area contributed by atoms with E-state index in [1.54, 1.807) is 0 Å². The molecule has 0 unspecified atom stereocenters. The Morgan fingerprint density at radius 3 is 1.28 bits per heavy atom. The first-order valence-electron chi connectivity index (χ1n) is 13.0. The zero-order chi connectivity index (χ0) is 24.3. The summed E-state index contributed by atoms with van der Waals surface area (Å²) < 4.78 is 0. The van der Waals surface area contributed by atoms with Gasteiger partial charge in [-0.25, -0.2) is 0 Å². The van der Waals surface area contributed by atoms with Crippen molar-refractivity contribution in [3.63, 3.8) is 0 Å². The van der Waals surface area contributed by atoms with Gasteiger partial charge in [-0.05, 0) is 44.6 Å². The number of nitrogens with two attached hydrogens (primary N) is 2.